The second-order valence-corrected chi connectivity index (χ2v) is 8.76. The first-order valence-electron chi connectivity index (χ1n) is 9.97. The molecule has 29 heavy (non-hydrogen) atoms. The molecule has 0 radical (unpaired) electrons. The standard InChI is InChI=1S/C24H31ClN2O2/c1-17(23(29)26-5)27(16-19-8-6-7-9-21(19)25)22(28)15-12-18-10-13-20(14-11-18)24(2,3)4/h6-11,13-14,17H,12,15-16H2,1-5H3,(H,26,29)/t17-/m1/s1. The summed E-state index contributed by atoms with van der Waals surface area (Å²) in [5.41, 5.74) is 3.30. The number of aryl methyl sites for hydroxylation is 1. The third-order valence-electron chi connectivity index (χ3n) is 5.16. The van der Waals surface area contributed by atoms with Gasteiger partial charge in [0.05, 0.1) is 0 Å². The molecule has 1 N–H and O–H groups in total. The highest BCUT2D eigenvalue weighted by Gasteiger charge is 2.25. The molecule has 0 saturated carbocycles. The molecule has 0 fully saturated rings. The van der Waals surface area contributed by atoms with E-state index in [1.165, 1.54) is 5.56 Å². The quantitative estimate of drug-likeness (QED) is 0.711. The van der Waals surface area contributed by atoms with Crippen LogP contribution in [0.2, 0.25) is 5.02 Å². The highest BCUT2D eigenvalue weighted by atomic mass is 35.5. The van der Waals surface area contributed by atoms with Gasteiger partial charge >= 0.3 is 0 Å². The Kier molecular flexibility index (Phi) is 7.86. The number of rotatable bonds is 7. The minimum Gasteiger partial charge on any atom is -0.357 e. The summed E-state index contributed by atoms with van der Waals surface area (Å²) in [4.78, 5) is 26.8. The van der Waals surface area contributed by atoms with Crippen molar-refractivity contribution in [1.29, 1.82) is 0 Å². The highest BCUT2D eigenvalue weighted by molar-refractivity contribution is 6.31. The first kappa shape index (κ1) is 23.0. The smallest absolute Gasteiger partial charge is 0.242 e. The largest absolute Gasteiger partial charge is 0.357 e. The Morgan fingerprint density at radius 1 is 1.07 bits per heavy atom. The maximum atomic E-state index is 13.0. The molecule has 0 aromatic heterocycles. The van der Waals surface area contributed by atoms with E-state index in [2.05, 4.69) is 50.4 Å². The van der Waals surface area contributed by atoms with Crippen molar-refractivity contribution in [2.75, 3.05) is 7.05 Å². The zero-order valence-electron chi connectivity index (χ0n) is 18.0. The van der Waals surface area contributed by atoms with E-state index in [9.17, 15) is 9.59 Å². The van der Waals surface area contributed by atoms with Crippen LogP contribution in [0.15, 0.2) is 48.5 Å². The molecule has 2 rings (SSSR count). The van der Waals surface area contributed by atoms with Crippen LogP contribution in [0.4, 0.5) is 0 Å². The molecular weight excluding hydrogens is 384 g/mol. The van der Waals surface area contributed by atoms with Crippen molar-refractivity contribution in [2.24, 2.45) is 0 Å². The summed E-state index contributed by atoms with van der Waals surface area (Å²) < 4.78 is 0. The molecule has 0 saturated heterocycles. The summed E-state index contributed by atoms with van der Waals surface area (Å²) in [6.07, 6.45) is 0.962. The van der Waals surface area contributed by atoms with Gasteiger partial charge in [-0.1, -0.05) is 74.8 Å². The molecule has 156 valence electrons. The fraction of sp³-hybridized carbons (Fsp3) is 0.417. The lowest BCUT2D eigenvalue weighted by Gasteiger charge is -2.29. The molecule has 0 aliphatic heterocycles. The number of carbonyl (C=O) groups is 2. The van der Waals surface area contributed by atoms with Crippen LogP contribution >= 0.6 is 11.6 Å². The van der Waals surface area contributed by atoms with Gasteiger partial charge in [0.2, 0.25) is 11.8 Å². The summed E-state index contributed by atoms with van der Waals surface area (Å²) >= 11 is 6.28. The number of halogens is 1. The van der Waals surface area contributed by atoms with Gasteiger partial charge in [-0.3, -0.25) is 9.59 Å². The van der Waals surface area contributed by atoms with Crippen molar-refractivity contribution in [3.05, 3.63) is 70.2 Å². The normalized spacial score (nSPS) is 12.3. The second kappa shape index (κ2) is 9.93. The summed E-state index contributed by atoms with van der Waals surface area (Å²) in [6.45, 7) is 8.58. The van der Waals surface area contributed by atoms with Gasteiger partial charge in [-0.2, -0.15) is 0 Å². The van der Waals surface area contributed by atoms with E-state index in [4.69, 9.17) is 11.6 Å². The van der Waals surface area contributed by atoms with Gasteiger partial charge < -0.3 is 10.2 Å². The van der Waals surface area contributed by atoms with Gasteiger partial charge in [-0.15, -0.1) is 0 Å². The van der Waals surface area contributed by atoms with Crippen LogP contribution in [-0.4, -0.2) is 29.8 Å². The zero-order valence-corrected chi connectivity index (χ0v) is 18.7. The van der Waals surface area contributed by atoms with Crippen LogP contribution in [0, 0.1) is 0 Å². The monoisotopic (exact) mass is 414 g/mol. The maximum Gasteiger partial charge on any atom is 0.242 e. The van der Waals surface area contributed by atoms with Crippen molar-refractivity contribution >= 4 is 23.4 Å². The lowest BCUT2D eigenvalue weighted by Crippen LogP contribution is -2.46. The Labute approximate surface area is 179 Å². The molecule has 0 unspecified atom stereocenters. The molecule has 0 spiro atoms. The molecule has 2 aromatic rings. The topological polar surface area (TPSA) is 49.4 Å². The number of likely N-dealkylation sites (N-methyl/N-ethyl adjacent to an activating group) is 1. The van der Waals surface area contributed by atoms with E-state index in [1.807, 2.05) is 18.2 Å². The summed E-state index contributed by atoms with van der Waals surface area (Å²) in [7, 11) is 1.58. The maximum absolute atomic E-state index is 13.0. The predicted octanol–water partition coefficient (Wildman–Crippen LogP) is 4.73. The van der Waals surface area contributed by atoms with Crippen LogP contribution in [0.3, 0.4) is 0 Å². The van der Waals surface area contributed by atoms with Gasteiger partial charge in [0, 0.05) is 25.0 Å². The van der Waals surface area contributed by atoms with Gasteiger partial charge in [0.15, 0.2) is 0 Å². The number of nitrogens with one attached hydrogen (secondary N) is 1. The third kappa shape index (κ3) is 6.33. The van der Waals surface area contributed by atoms with Crippen LogP contribution in [0.1, 0.15) is 50.8 Å². The molecule has 4 nitrogen and oxygen atoms in total. The number of benzene rings is 2. The number of hydrogen-bond acceptors (Lipinski definition) is 2. The minimum absolute atomic E-state index is 0.0686. The molecule has 0 aliphatic rings. The van der Waals surface area contributed by atoms with Crippen LogP contribution in [0.5, 0.6) is 0 Å². The van der Waals surface area contributed by atoms with E-state index in [-0.39, 0.29) is 17.2 Å². The first-order valence-corrected chi connectivity index (χ1v) is 10.3. The molecule has 0 bridgehead atoms. The SMILES string of the molecule is CNC(=O)[C@@H](C)N(Cc1ccccc1Cl)C(=O)CCc1ccc(C(C)(C)C)cc1. The highest BCUT2D eigenvalue weighted by Crippen LogP contribution is 2.23. The fourth-order valence-electron chi connectivity index (χ4n) is 3.17. The number of carbonyl (C=O) groups excluding carboxylic acids is 2. The summed E-state index contributed by atoms with van der Waals surface area (Å²) in [5.74, 6) is -0.263. The molecule has 0 aliphatic carbocycles. The van der Waals surface area contributed by atoms with Gasteiger partial charge in [-0.25, -0.2) is 0 Å². The second-order valence-electron chi connectivity index (χ2n) is 8.35. The Morgan fingerprint density at radius 2 is 1.69 bits per heavy atom. The third-order valence-corrected chi connectivity index (χ3v) is 5.53. The van der Waals surface area contributed by atoms with Crippen molar-refractivity contribution in [1.82, 2.24) is 10.2 Å². The molecule has 0 heterocycles. The van der Waals surface area contributed by atoms with Crippen LogP contribution in [0.25, 0.3) is 0 Å². The zero-order chi connectivity index (χ0) is 21.6. The number of hydrogen-bond donors (Lipinski definition) is 1. The van der Waals surface area contributed by atoms with Crippen LogP contribution < -0.4 is 5.32 Å². The number of amides is 2. The lowest BCUT2D eigenvalue weighted by molar-refractivity contribution is -0.140. The average molecular weight is 415 g/mol. The van der Waals surface area contributed by atoms with Gasteiger partial charge in [-0.05, 0) is 41.5 Å². The van der Waals surface area contributed by atoms with E-state index in [0.29, 0.717) is 24.4 Å². The first-order chi connectivity index (χ1) is 13.6. The Balaban J connectivity index is 2.12. The number of nitrogens with zero attached hydrogens (tertiary/aromatic N) is 1. The lowest BCUT2D eigenvalue weighted by atomic mass is 9.86. The van der Waals surface area contributed by atoms with Crippen molar-refractivity contribution < 1.29 is 9.59 Å². The van der Waals surface area contributed by atoms with Crippen molar-refractivity contribution in [2.45, 2.75) is 58.5 Å². The summed E-state index contributed by atoms with van der Waals surface area (Å²) in [6, 6.07) is 15.2. The Bertz CT molecular complexity index is 841. The van der Waals surface area contributed by atoms with Gasteiger partial charge in [0.1, 0.15) is 6.04 Å². The summed E-state index contributed by atoms with van der Waals surface area (Å²) in [5, 5.41) is 3.22. The van der Waals surface area contributed by atoms with E-state index < -0.39 is 6.04 Å². The van der Waals surface area contributed by atoms with E-state index in [0.717, 1.165) is 11.1 Å². The molecule has 5 heteroatoms. The molecular formula is C24H31ClN2O2. The Hall–Kier alpha value is -2.33. The predicted molar refractivity (Wildman–Crippen MR) is 119 cm³/mol. The van der Waals surface area contributed by atoms with Gasteiger partial charge in [0.25, 0.3) is 0 Å². The van der Waals surface area contributed by atoms with E-state index >= 15 is 0 Å². The Morgan fingerprint density at radius 3 is 2.24 bits per heavy atom. The molecule has 1 atom stereocenters. The van der Waals surface area contributed by atoms with Crippen LogP contribution in [-0.2, 0) is 28.0 Å². The molecule has 2 aromatic carbocycles. The average Bonchev–Trinajstić information content (AvgIpc) is 2.70. The van der Waals surface area contributed by atoms with Crippen molar-refractivity contribution in [3.63, 3.8) is 0 Å². The minimum atomic E-state index is -0.577. The molecule has 2 amide bonds. The van der Waals surface area contributed by atoms with Crippen molar-refractivity contribution in [3.8, 4) is 0 Å². The fourth-order valence-corrected chi connectivity index (χ4v) is 3.36. The van der Waals surface area contributed by atoms with E-state index in [1.54, 1.807) is 24.9 Å².